The fraction of sp³-hybridized carbons (Fsp3) is 0.533. The van der Waals surface area contributed by atoms with E-state index >= 15 is 0 Å². The lowest BCUT2D eigenvalue weighted by atomic mass is 10.1. The molecule has 2 unspecified atom stereocenters. The monoisotopic (exact) mass is 293 g/mol. The molecule has 0 aliphatic rings. The third kappa shape index (κ3) is 5.91. The highest BCUT2D eigenvalue weighted by Crippen LogP contribution is 2.12. The van der Waals surface area contributed by atoms with Crippen LogP contribution in [0, 0.1) is 10.1 Å². The zero-order valence-corrected chi connectivity index (χ0v) is 12.8. The maximum Gasteiger partial charge on any atom is 0.269 e. The van der Waals surface area contributed by atoms with E-state index in [0.29, 0.717) is 6.54 Å². The van der Waals surface area contributed by atoms with Crippen LogP contribution in [0.5, 0.6) is 0 Å². The van der Waals surface area contributed by atoms with Crippen molar-refractivity contribution in [2.75, 3.05) is 0 Å². The third-order valence-electron chi connectivity index (χ3n) is 3.24. The van der Waals surface area contributed by atoms with Gasteiger partial charge in [-0.1, -0.05) is 25.5 Å². The Morgan fingerprint density at radius 3 is 2.71 bits per heavy atom. The molecule has 6 nitrogen and oxygen atoms in total. The predicted molar refractivity (Wildman–Crippen MR) is 81.9 cm³/mol. The SMILES string of the molecule is CCCC(C)NC(=O)C(C)NCc1cccc([N+](=O)[O-])c1. The normalized spacial score (nSPS) is 13.5. The summed E-state index contributed by atoms with van der Waals surface area (Å²) in [6.45, 7) is 6.26. The number of nitro groups is 1. The molecule has 0 aliphatic heterocycles. The third-order valence-corrected chi connectivity index (χ3v) is 3.24. The second-order valence-corrected chi connectivity index (χ2v) is 5.23. The van der Waals surface area contributed by atoms with E-state index in [-0.39, 0.29) is 23.7 Å². The second-order valence-electron chi connectivity index (χ2n) is 5.23. The average Bonchev–Trinajstić information content (AvgIpc) is 2.45. The number of nitro benzene ring substituents is 1. The van der Waals surface area contributed by atoms with Gasteiger partial charge in [0.2, 0.25) is 5.91 Å². The van der Waals surface area contributed by atoms with Crippen LogP contribution in [0.2, 0.25) is 0 Å². The Labute approximate surface area is 125 Å². The Bertz CT molecular complexity index is 491. The van der Waals surface area contributed by atoms with Crippen molar-refractivity contribution >= 4 is 11.6 Å². The van der Waals surface area contributed by atoms with Gasteiger partial charge in [0.15, 0.2) is 0 Å². The lowest BCUT2D eigenvalue weighted by Crippen LogP contribution is -2.45. The molecule has 2 N–H and O–H groups in total. The lowest BCUT2D eigenvalue weighted by Gasteiger charge is -2.18. The zero-order valence-electron chi connectivity index (χ0n) is 12.8. The van der Waals surface area contributed by atoms with Crippen LogP contribution in [0.1, 0.15) is 39.2 Å². The first kappa shape index (κ1) is 17.1. The first-order valence-corrected chi connectivity index (χ1v) is 7.21. The molecule has 1 rings (SSSR count). The number of benzene rings is 1. The predicted octanol–water partition coefficient (Wildman–Crippen LogP) is 2.38. The molecule has 0 spiro atoms. The summed E-state index contributed by atoms with van der Waals surface area (Å²) in [4.78, 5) is 22.2. The molecule has 0 radical (unpaired) electrons. The number of amides is 1. The summed E-state index contributed by atoms with van der Waals surface area (Å²) < 4.78 is 0. The number of non-ortho nitro benzene ring substituents is 1. The van der Waals surface area contributed by atoms with E-state index in [1.165, 1.54) is 12.1 Å². The van der Waals surface area contributed by atoms with Gasteiger partial charge in [0, 0.05) is 24.7 Å². The van der Waals surface area contributed by atoms with Crippen LogP contribution in [-0.2, 0) is 11.3 Å². The molecule has 1 aromatic carbocycles. The van der Waals surface area contributed by atoms with E-state index < -0.39 is 4.92 Å². The van der Waals surface area contributed by atoms with E-state index in [1.807, 2.05) is 6.92 Å². The molecular formula is C15H23N3O3. The van der Waals surface area contributed by atoms with Gasteiger partial charge in [-0.3, -0.25) is 14.9 Å². The van der Waals surface area contributed by atoms with Crippen molar-refractivity contribution in [2.45, 2.75) is 52.2 Å². The zero-order chi connectivity index (χ0) is 15.8. The summed E-state index contributed by atoms with van der Waals surface area (Å²) >= 11 is 0. The molecule has 0 aromatic heterocycles. The Kier molecular flexibility index (Phi) is 6.81. The molecule has 116 valence electrons. The molecule has 1 amide bonds. The van der Waals surface area contributed by atoms with E-state index in [1.54, 1.807) is 19.1 Å². The van der Waals surface area contributed by atoms with Crippen molar-refractivity contribution in [3.63, 3.8) is 0 Å². The highest BCUT2D eigenvalue weighted by atomic mass is 16.6. The van der Waals surface area contributed by atoms with Crippen molar-refractivity contribution in [1.29, 1.82) is 0 Å². The summed E-state index contributed by atoms with van der Waals surface area (Å²) in [7, 11) is 0. The molecule has 0 saturated heterocycles. The highest BCUT2D eigenvalue weighted by molar-refractivity contribution is 5.81. The topological polar surface area (TPSA) is 84.3 Å². The van der Waals surface area contributed by atoms with Crippen LogP contribution in [-0.4, -0.2) is 22.9 Å². The van der Waals surface area contributed by atoms with Crippen molar-refractivity contribution in [3.05, 3.63) is 39.9 Å². The maximum atomic E-state index is 11.9. The van der Waals surface area contributed by atoms with E-state index in [0.717, 1.165) is 18.4 Å². The molecular weight excluding hydrogens is 270 g/mol. The van der Waals surface area contributed by atoms with Gasteiger partial charge in [0.05, 0.1) is 11.0 Å². The number of carbonyl (C=O) groups excluding carboxylic acids is 1. The number of nitrogens with zero attached hydrogens (tertiary/aromatic N) is 1. The Morgan fingerprint density at radius 1 is 1.38 bits per heavy atom. The van der Waals surface area contributed by atoms with Crippen LogP contribution in [0.25, 0.3) is 0 Å². The second kappa shape index (κ2) is 8.36. The summed E-state index contributed by atoms with van der Waals surface area (Å²) in [6.07, 6.45) is 1.97. The van der Waals surface area contributed by atoms with Gasteiger partial charge in [-0.25, -0.2) is 0 Å². The Balaban J connectivity index is 2.48. The van der Waals surface area contributed by atoms with Crippen LogP contribution in [0.15, 0.2) is 24.3 Å². The molecule has 0 aliphatic carbocycles. The van der Waals surface area contributed by atoms with Crippen LogP contribution < -0.4 is 10.6 Å². The Morgan fingerprint density at radius 2 is 2.10 bits per heavy atom. The number of hydrogen-bond acceptors (Lipinski definition) is 4. The minimum Gasteiger partial charge on any atom is -0.352 e. The molecule has 6 heteroatoms. The standard InChI is InChI=1S/C15H23N3O3/c1-4-6-11(2)17-15(19)12(3)16-10-13-7-5-8-14(9-13)18(20)21/h5,7-9,11-12,16H,4,6,10H2,1-3H3,(H,17,19). The highest BCUT2D eigenvalue weighted by Gasteiger charge is 2.14. The summed E-state index contributed by atoms with van der Waals surface area (Å²) in [6, 6.07) is 6.21. The molecule has 1 aromatic rings. The maximum absolute atomic E-state index is 11.9. The van der Waals surface area contributed by atoms with Crippen molar-refractivity contribution < 1.29 is 9.72 Å². The van der Waals surface area contributed by atoms with E-state index in [2.05, 4.69) is 17.6 Å². The van der Waals surface area contributed by atoms with Crippen molar-refractivity contribution in [2.24, 2.45) is 0 Å². The minimum absolute atomic E-state index is 0.0543. The summed E-state index contributed by atoms with van der Waals surface area (Å²) in [5.74, 6) is -0.0543. The van der Waals surface area contributed by atoms with Crippen molar-refractivity contribution in [3.8, 4) is 0 Å². The summed E-state index contributed by atoms with van der Waals surface area (Å²) in [5.41, 5.74) is 0.841. The van der Waals surface area contributed by atoms with Gasteiger partial charge in [0.1, 0.15) is 0 Å². The number of nitrogens with one attached hydrogen (secondary N) is 2. The molecule has 0 bridgehead atoms. The number of carbonyl (C=O) groups is 1. The first-order chi connectivity index (χ1) is 9.93. The van der Waals surface area contributed by atoms with Gasteiger partial charge < -0.3 is 10.6 Å². The fourth-order valence-corrected chi connectivity index (χ4v) is 2.02. The van der Waals surface area contributed by atoms with Crippen LogP contribution in [0.3, 0.4) is 0 Å². The van der Waals surface area contributed by atoms with Gasteiger partial charge in [-0.05, 0) is 25.8 Å². The first-order valence-electron chi connectivity index (χ1n) is 7.21. The van der Waals surface area contributed by atoms with Crippen LogP contribution in [0.4, 0.5) is 5.69 Å². The van der Waals surface area contributed by atoms with Crippen molar-refractivity contribution in [1.82, 2.24) is 10.6 Å². The van der Waals surface area contributed by atoms with Gasteiger partial charge in [-0.15, -0.1) is 0 Å². The molecule has 0 heterocycles. The largest absolute Gasteiger partial charge is 0.352 e. The molecule has 0 fully saturated rings. The number of rotatable bonds is 8. The van der Waals surface area contributed by atoms with E-state index in [4.69, 9.17) is 0 Å². The fourth-order valence-electron chi connectivity index (χ4n) is 2.02. The molecule has 2 atom stereocenters. The lowest BCUT2D eigenvalue weighted by molar-refractivity contribution is -0.384. The average molecular weight is 293 g/mol. The van der Waals surface area contributed by atoms with Gasteiger partial charge in [0.25, 0.3) is 5.69 Å². The van der Waals surface area contributed by atoms with E-state index in [9.17, 15) is 14.9 Å². The Hall–Kier alpha value is -1.95. The molecule has 21 heavy (non-hydrogen) atoms. The number of hydrogen-bond donors (Lipinski definition) is 2. The van der Waals surface area contributed by atoms with Gasteiger partial charge in [-0.2, -0.15) is 0 Å². The van der Waals surface area contributed by atoms with Gasteiger partial charge >= 0.3 is 0 Å². The quantitative estimate of drug-likeness (QED) is 0.569. The smallest absolute Gasteiger partial charge is 0.269 e. The molecule has 0 saturated carbocycles. The minimum atomic E-state index is -0.425. The van der Waals surface area contributed by atoms with Crippen LogP contribution >= 0.6 is 0 Å². The summed E-state index contributed by atoms with van der Waals surface area (Å²) in [5, 5.41) is 16.7.